The molecule has 84 valence electrons. The second-order valence-corrected chi connectivity index (χ2v) is 6.68. The third-order valence-electron chi connectivity index (χ3n) is 3.21. The summed E-state index contributed by atoms with van der Waals surface area (Å²) in [7, 11) is 0. The molecule has 2 nitrogen and oxygen atoms in total. The van der Waals surface area contributed by atoms with Crippen LogP contribution in [0.25, 0.3) is 0 Å². The van der Waals surface area contributed by atoms with Gasteiger partial charge in [-0.1, -0.05) is 6.92 Å². The number of aromatic nitrogens is 1. The number of hydrogen-bond donors (Lipinski definition) is 1. The normalized spacial score (nSPS) is 30.5. The minimum atomic E-state index is 0.229. The SMILES string of the molecule is CC(C)(C)NCC1CC1(C)c1nccs1. The number of rotatable bonds is 3. The molecule has 1 aliphatic rings. The van der Waals surface area contributed by atoms with Gasteiger partial charge in [0.2, 0.25) is 0 Å². The molecule has 2 unspecified atom stereocenters. The van der Waals surface area contributed by atoms with Gasteiger partial charge >= 0.3 is 0 Å². The zero-order valence-electron chi connectivity index (χ0n) is 10.0. The molecule has 0 bridgehead atoms. The minimum Gasteiger partial charge on any atom is -0.312 e. The number of nitrogens with zero attached hydrogens (tertiary/aromatic N) is 1. The fourth-order valence-corrected chi connectivity index (χ4v) is 2.84. The first kappa shape index (κ1) is 11.1. The van der Waals surface area contributed by atoms with Crippen LogP contribution in [-0.2, 0) is 5.41 Å². The lowest BCUT2D eigenvalue weighted by molar-refractivity contribution is 0.406. The van der Waals surface area contributed by atoms with Crippen molar-refractivity contribution in [2.24, 2.45) is 5.92 Å². The van der Waals surface area contributed by atoms with Crippen molar-refractivity contribution in [1.29, 1.82) is 0 Å². The summed E-state index contributed by atoms with van der Waals surface area (Å²) in [6.45, 7) is 10.1. The van der Waals surface area contributed by atoms with Crippen LogP contribution in [-0.4, -0.2) is 17.1 Å². The Labute approximate surface area is 96.1 Å². The molecule has 0 saturated heterocycles. The van der Waals surface area contributed by atoms with Gasteiger partial charge in [0.1, 0.15) is 0 Å². The average Bonchev–Trinajstić information content (AvgIpc) is 2.63. The number of nitrogens with one attached hydrogen (secondary N) is 1. The highest BCUT2D eigenvalue weighted by Gasteiger charge is 2.52. The van der Waals surface area contributed by atoms with E-state index in [-0.39, 0.29) is 5.54 Å². The molecule has 0 amide bonds. The lowest BCUT2D eigenvalue weighted by atomic mass is 10.1. The van der Waals surface area contributed by atoms with E-state index in [2.05, 4.69) is 43.4 Å². The van der Waals surface area contributed by atoms with Crippen LogP contribution in [0.2, 0.25) is 0 Å². The van der Waals surface area contributed by atoms with E-state index < -0.39 is 0 Å². The highest BCUT2D eigenvalue weighted by Crippen LogP contribution is 2.54. The van der Waals surface area contributed by atoms with E-state index in [1.54, 1.807) is 11.3 Å². The van der Waals surface area contributed by atoms with E-state index in [1.165, 1.54) is 11.4 Å². The molecule has 1 fully saturated rings. The van der Waals surface area contributed by atoms with Gasteiger partial charge < -0.3 is 5.32 Å². The lowest BCUT2D eigenvalue weighted by Gasteiger charge is -2.21. The van der Waals surface area contributed by atoms with Gasteiger partial charge in [0, 0.05) is 22.5 Å². The second-order valence-electron chi connectivity index (χ2n) is 5.79. The molecule has 1 saturated carbocycles. The standard InChI is InChI=1S/C12H20N2S/c1-11(2,3)14-8-9-7-12(9,4)10-13-5-6-15-10/h5-6,9,14H,7-8H2,1-4H3. The molecule has 0 radical (unpaired) electrons. The van der Waals surface area contributed by atoms with E-state index in [0.717, 1.165) is 12.5 Å². The highest BCUT2D eigenvalue weighted by atomic mass is 32.1. The largest absolute Gasteiger partial charge is 0.312 e. The van der Waals surface area contributed by atoms with E-state index in [9.17, 15) is 0 Å². The van der Waals surface area contributed by atoms with Crippen molar-refractivity contribution in [1.82, 2.24) is 10.3 Å². The predicted molar refractivity (Wildman–Crippen MR) is 65.3 cm³/mol. The Kier molecular flexibility index (Phi) is 2.63. The molecule has 3 heteroatoms. The molecule has 2 atom stereocenters. The van der Waals surface area contributed by atoms with Crippen LogP contribution in [0.5, 0.6) is 0 Å². The summed E-state index contributed by atoms with van der Waals surface area (Å²) in [5.74, 6) is 0.767. The second kappa shape index (κ2) is 3.56. The first-order valence-electron chi connectivity index (χ1n) is 5.57. The van der Waals surface area contributed by atoms with Gasteiger partial charge in [0.25, 0.3) is 0 Å². The lowest BCUT2D eigenvalue weighted by Crippen LogP contribution is -2.37. The van der Waals surface area contributed by atoms with Crippen molar-refractivity contribution in [3.8, 4) is 0 Å². The van der Waals surface area contributed by atoms with Crippen LogP contribution in [0.1, 0.15) is 39.1 Å². The molecule has 1 heterocycles. The van der Waals surface area contributed by atoms with Crippen molar-refractivity contribution in [2.75, 3.05) is 6.54 Å². The zero-order chi connectivity index (χ0) is 11.1. The molecule has 0 aromatic carbocycles. The molecular formula is C12H20N2S. The van der Waals surface area contributed by atoms with Gasteiger partial charge in [-0.25, -0.2) is 4.98 Å². The van der Waals surface area contributed by atoms with Crippen molar-refractivity contribution in [3.63, 3.8) is 0 Å². The van der Waals surface area contributed by atoms with E-state index in [4.69, 9.17) is 0 Å². The Balaban J connectivity index is 1.90. The Bertz CT molecular complexity index is 326. The maximum Gasteiger partial charge on any atom is 0.0987 e. The van der Waals surface area contributed by atoms with Crippen molar-refractivity contribution < 1.29 is 0 Å². The third-order valence-corrected chi connectivity index (χ3v) is 4.26. The number of hydrogen-bond acceptors (Lipinski definition) is 3. The topological polar surface area (TPSA) is 24.9 Å². The van der Waals surface area contributed by atoms with Crippen LogP contribution in [0.15, 0.2) is 11.6 Å². The van der Waals surface area contributed by atoms with Gasteiger partial charge in [0.15, 0.2) is 0 Å². The first-order valence-corrected chi connectivity index (χ1v) is 6.45. The van der Waals surface area contributed by atoms with E-state index >= 15 is 0 Å². The van der Waals surface area contributed by atoms with Crippen LogP contribution in [0.3, 0.4) is 0 Å². The zero-order valence-corrected chi connectivity index (χ0v) is 10.8. The summed E-state index contributed by atoms with van der Waals surface area (Å²) < 4.78 is 0. The van der Waals surface area contributed by atoms with Crippen molar-refractivity contribution in [3.05, 3.63) is 16.6 Å². The van der Waals surface area contributed by atoms with Gasteiger partial charge in [-0.3, -0.25) is 0 Å². The molecule has 1 aliphatic carbocycles. The van der Waals surface area contributed by atoms with Crippen molar-refractivity contribution in [2.45, 2.75) is 45.1 Å². The maximum absolute atomic E-state index is 4.44. The summed E-state index contributed by atoms with van der Waals surface area (Å²) in [6, 6.07) is 0. The molecule has 1 N–H and O–H groups in total. The van der Waals surface area contributed by atoms with Gasteiger partial charge in [0.05, 0.1) is 5.01 Å². The maximum atomic E-state index is 4.44. The molecule has 1 aromatic heterocycles. The fourth-order valence-electron chi connectivity index (χ4n) is 1.95. The summed E-state index contributed by atoms with van der Waals surface area (Å²) in [5, 5.41) is 6.96. The monoisotopic (exact) mass is 224 g/mol. The van der Waals surface area contributed by atoms with Gasteiger partial charge in [-0.2, -0.15) is 0 Å². The number of thiazole rings is 1. The molecule has 0 aliphatic heterocycles. The molecule has 1 aromatic rings. The highest BCUT2D eigenvalue weighted by molar-refractivity contribution is 7.09. The molecular weight excluding hydrogens is 204 g/mol. The third kappa shape index (κ3) is 2.40. The molecule has 2 rings (SSSR count). The average molecular weight is 224 g/mol. The van der Waals surface area contributed by atoms with E-state index in [1.807, 2.05) is 6.20 Å². The van der Waals surface area contributed by atoms with Crippen LogP contribution < -0.4 is 5.32 Å². The Morgan fingerprint density at radius 1 is 1.60 bits per heavy atom. The van der Waals surface area contributed by atoms with E-state index in [0.29, 0.717) is 5.41 Å². The first-order chi connectivity index (χ1) is 6.92. The van der Waals surface area contributed by atoms with Gasteiger partial charge in [-0.05, 0) is 39.7 Å². The van der Waals surface area contributed by atoms with Crippen LogP contribution in [0, 0.1) is 5.92 Å². The molecule has 0 spiro atoms. The van der Waals surface area contributed by atoms with Gasteiger partial charge in [-0.15, -0.1) is 11.3 Å². The van der Waals surface area contributed by atoms with Crippen molar-refractivity contribution >= 4 is 11.3 Å². The van der Waals surface area contributed by atoms with Crippen LogP contribution in [0.4, 0.5) is 0 Å². The minimum absolute atomic E-state index is 0.229. The Morgan fingerprint density at radius 3 is 2.87 bits per heavy atom. The Hall–Kier alpha value is -0.410. The smallest absolute Gasteiger partial charge is 0.0987 e. The quantitative estimate of drug-likeness (QED) is 0.854. The predicted octanol–water partition coefficient (Wildman–Crippen LogP) is 2.81. The Morgan fingerprint density at radius 2 is 2.33 bits per heavy atom. The molecule has 15 heavy (non-hydrogen) atoms. The fraction of sp³-hybridized carbons (Fsp3) is 0.750. The summed E-state index contributed by atoms with van der Waals surface area (Å²) >= 11 is 1.79. The summed E-state index contributed by atoms with van der Waals surface area (Å²) in [4.78, 5) is 4.44. The van der Waals surface area contributed by atoms with Crippen LogP contribution >= 0.6 is 11.3 Å². The summed E-state index contributed by atoms with van der Waals surface area (Å²) in [5.41, 5.74) is 0.582. The summed E-state index contributed by atoms with van der Waals surface area (Å²) in [6.07, 6.45) is 3.20.